The van der Waals surface area contributed by atoms with Crippen LogP contribution in [0, 0.1) is 0 Å². The van der Waals surface area contributed by atoms with Crippen LogP contribution < -0.4 is 0 Å². The zero-order valence-electron chi connectivity index (χ0n) is 9.29. The Labute approximate surface area is 109 Å². The van der Waals surface area contributed by atoms with Gasteiger partial charge in [-0.05, 0) is 36.6 Å². The first-order valence-corrected chi connectivity index (χ1v) is 7.08. The Morgan fingerprint density at radius 2 is 1.82 bits per heavy atom. The number of benzene rings is 1. The lowest BCUT2D eigenvalue weighted by Crippen LogP contribution is -1.86. The molecule has 4 heteroatoms. The fourth-order valence-corrected chi connectivity index (χ4v) is 2.63. The van der Waals surface area contributed by atoms with Gasteiger partial charge in [0.15, 0.2) is 6.29 Å². The molecule has 1 aromatic heterocycles. The third kappa shape index (κ3) is 3.11. The molecule has 0 N–H and O–H groups in total. The van der Waals surface area contributed by atoms with Crippen LogP contribution in [-0.4, -0.2) is 17.5 Å². The first-order valence-electron chi connectivity index (χ1n) is 5.04. The number of carbonyl (C=O) groups is 1. The van der Waals surface area contributed by atoms with Gasteiger partial charge in [0.1, 0.15) is 0 Å². The average molecular weight is 261 g/mol. The monoisotopic (exact) mass is 261 g/mol. The first-order chi connectivity index (χ1) is 8.33. The van der Waals surface area contributed by atoms with Gasteiger partial charge in [-0.15, -0.1) is 11.8 Å². The van der Waals surface area contributed by atoms with E-state index in [9.17, 15) is 4.79 Å². The summed E-state index contributed by atoms with van der Waals surface area (Å²) in [7, 11) is 0. The van der Waals surface area contributed by atoms with Crippen molar-refractivity contribution in [3.8, 4) is 0 Å². The third-order valence-electron chi connectivity index (χ3n) is 2.22. The number of nitrogens with zero attached hydrogens (tertiary/aromatic N) is 1. The second-order valence-corrected chi connectivity index (χ2v) is 5.30. The van der Waals surface area contributed by atoms with Gasteiger partial charge in [-0.25, -0.2) is 0 Å². The number of rotatable bonds is 4. The summed E-state index contributed by atoms with van der Waals surface area (Å²) in [5, 5.41) is 0. The van der Waals surface area contributed by atoms with E-state index in [1.807, 2.05) is 6.07 Å². The molecule has 0 saturated heterocycles. The van der Waals surface area contributed by atoms with Crippen LogP contribution in [0.15, 0.2) is 57.4 Å². The van der Waals surface area contributed by atoms with E-state index >= 15 is 0 Å². The van der Waals surface area contributed by atoms with E-state index in [-0.39, 0.29) is 0 Å². The molecule has 2 rings (SSSR count). The number of carbonyl (C=O) groups excluding carboxylic acids is 1. The van der Waals surface area contributed by atoms with Crippen molar-refractivity contribution in [2.24, 2.45) is 0 Å². The lowest BCUT2D eigenvalue weighted by atomic mass is 10.3. The van der Waals surface area contributed by atoms with Crippen molar-refractivity contribution in [1.29, 1.82) is 0 Å². The molecular formula is C13H11NOS2. The van der Waals surface area contributed by atoms with Gasteiger partial charge < -0.3 is 0 Å². The fourth-order valence-electron chi connectivity index (χ4n) is 1.35. The van der Waals surface area contributed by atoms with Gasteiger partial charge in [-0.1, -0.05) is 11.8 Å². The molecule has 2 aromatic rings. The van der Waals surface area contributed by atoms with Crippen molar-refractivity contribution in [3.05, 3.63) is 48.3 Å². The summed E-state index contributed by atoms with van der Waals surface area (Å²) in [6, 6.07) is 10.1. The highest BCUT2D eigenvalue weighted by atomic mass is 32.2. The van der Waals surface area contributed by atoms with Crippen molar-refractivity contribution in [2.75, 3.05) is 6.26 Å². The molecule has 2 nitrogen and oxygen atoms in total. The second-order valence-electron chi connectivity index (χ2n) is 3.31. The molecule has 0 spiro atoms. The fraction of sp³-hybridized carbons (Fsp3) is 0.0769. The number of aromatic nitrogens is 1. The highest BCUT2D eigenvalue weighted by Gasteiger charge is 2.03. The summed E-state index contributed by atoms with van der Waals surface area (Å²) in [6.45, 7) is 0. The van der Waals surface area contributed by atoms with E-state index < -0.39 is 0 Å². The standard InChI is InChI=1S/C13H11NOS2/c1-16-11-2-4-12(5-3-11)17-13-6-7-14-8-10(13)9-15/h2-9H,1H3. The van der Waals surface area contributed by atoms with E-state index in [1.54, 1.807) is 35.9 Å². The SMILES string of the molecule is CSc1ccc(Sc2ccncc2C=O)cc1. The zero-order valence-corrected chi connectivity index (χ0v) is 10.9. The Morgan fingerprint density at radius 1 is 1.12 bits per heavy atom. The molecule has 0 radical (unpaired) electrons. The predicted molar refractivity (Wildman–Crippen MR) is 72.0 cm³/mol. The van der Waals surface area contributed by atoms with Gasteiger partial charge in [-0.2, -0.15) is 0 Å². The van der Waals surface area contributed by atoms with Gasteiger partial charge in [0.2, 0.25) is 0 Å². The highest BCUT2D eigenvalue weighted by molar-refractivity contribution is 7.99. The Kier molecular flexibility index (Phi) is 4.23. The van der Waals surface area contributed by atoms with E-state index in [0.29, 0.717) is 5.56 Å². The number of thioether (sulfide) groups is 1. The third-order valence-corrected chi connectivity index (χ3v) is 4.07. The highest BCUT2D eigenvalue weighted by Crippen LogP contribution is 2.30. The summed E-state index contributed by atoms with van der Waals surface area (Å²) in [4.78, 5) is 18.1. The molecule has 17 heavy (non-hydrogen) atoms. The van der Waals surface area contributed by atoms with Crippen LogP contribution in [0.1, 0.15) is 10.4 Å². The summed E-state index contributed by atoms with van der Waals surface area (Å²) < 4.78 is 0. The number of aldehydes is 1. The van der Waals surface area contributed by atoms with E-state index in [2.05, 4.69) is 35.5 Å². The van der Waals surface area contributed by atoms with E-state index in [1.165, 1.54) is 4.90 Å². The lowest BCUT2D eigenvalue weighted by Gasteiger charge is -2.04. The molecule has 1 aromatic carbocycles. The van der Waals surface area contributed by atoms with Crippen LogP contribution in [-0.2, 0) is 0 Å². The topological polar surface area (TPSA) is 30.0 Å². The van der Waals surface area contributed by atoms with Crippen LogP contribution in [0.25, 0.3) is 0 Å². The van der Waals surface area contributed by atoms with Crippen LogP contribution >= 0.6 is 23.5 Å². The minimum absolute atomic E-state index is 0.631. The van der Waals surface area contributed by atoms with Crippen LogP contribution in [0.2, 0.25) is 0 Å². The maximum absolute atomic E-state index is 10.9. The van der Waals surface area contributed by atoms with Crippen LogP contribution in [0.4, 0.5) is 0 Å². The van der Waals surface area contributed by atoms with Gasteiger partial charge in [-0.3, -0.25) is 9.78 Å². The molecular weight excluding hydrogens is 250 g/mol. The maximum atomic E-state index is 10.9. The van der Waals surface area contributed by atoms with Crippen LogP contribution in [0.3, 0.4) is 0 Å². The summed E-state index contributed by atoms with van der Waals surface area (Å²) in [5.41, 5.74) is 0.631. The van der Waals surface area contributed by atoms with E-state index in [0.717, 1.165) is 16.1 Å². The van der Waals surface area contributed by atoms with E-state index in [4.69, 9.17) is 0 Å². The van der Waals surface area contributed by atoms with Gasteiger partial charge in [0, 0.05) is 32.6 Å². The Bertz CT molecular complexity index is 511. The quantitative estimate of drug-likeness (QED) is 0.619. The molecule has 1 heterocycles. The normalized spacial score (nSPS) is 10.2. The number of hydrogen-bond donors (Lipinski definition) is 0. The van der Waals surface area contributed by atoms with Crippen LogP contribution in [0.5, 0.6) is 0 Å². The van der Waals surface area contributed by atoms with Crippen molar-refractivity contribution in [1.82, 2.24) is 4.98 Å². The van der Waals surface area contributed by atoms with Crippen molar-refractivity contribution < 1.29 is 4.79 Å². The molecule has 0 aliphatic heterocycles. The number of pyridine rings is 1. The minimum Gasteiger partial charge on any atom is -0.298 e. The predicted octanol–water partition coefficient (Wildman–Crippen LogP) is 3.77. The summed E-state index contributed by atoms with van der Waals surface area (Å²) in [5.74, 6) is 0. The van der Waals surface area contributed by atoms with Crippen molar-refractivity contribution in [3.63, 3.8) is 0 Å². The van der Waals surface area contributed by atoms with Gasteiger partial charge in [0.25, 0.3) is 0 Å². The average Bonchev–Trinajstić information content (AvgIpc) is 2.40. The molecule has 0 aliphatic carbocycles. The summed E-state index contributed by atoms with van der Waals surface area (Å²) in [6.07, 6.45) is 6.18. The Hall–Kier alpha value is -1.26. The molecule has 0 bridgehead atoms. The zero-order chi connectivity index (χ0) is 12.1. The first kappa shape index (κ1) is 12.2. The molecule has 0 unspecified atom stereocenters. The summed E-state index contributed by atoms with van der Waals surface area (Å²) >= 11 is 3.29. The Balaban J connectivity index is 2.22. The molecule has 86 valence electrons. The molecule has 0 atom stereocenters. The molecule has 0 aliphatic rings. The molecule has 0 saturated carbocycles. The van der Waals surface area contributed by atoms with Gasteiger partial charge >= 0.3 is 0 Å². The van der Waals surface area contributed by atoms with Crippen molar-refractivity contribution in [2.45, 2.75) is 14.7 Å². The van der Waals surface area contributed by atoms with Crippen molar-refractivity contribution >= 4 is 29.8 Å². The molecule has 0 amide bonds. The largest absolute Gasteiger partial charge is 0.298 e. The minimum atomic E-state index is 0.631. The number of hydrogen-bond acceptors (Lipinski definition) is 4. The van der Waals surface area contributed by atoms with Gasteiger partial charge in [0.05, 0.1) is 0 Å². The lowest BCUT2D eigenvalue weighted by molar-refractivity contribution is 0.112. The second kappa shape index (κ2) is 5.89. The Morgan fingerprint density at radius 3 is 2.47 bits per heavy atom. The maximum Gasteiger partial charge on any atom is 0.152 e. The smallest absolute Gasteiger partial charge is 0.152 e. The molecule has 0 fully saturated rings.